The minimum Gasteiger partial charge on any atom is -0.486 e. The van der Waals surface area contributed by atoms with E-state index < -0.39 is 5.82 Å². The Balaban J connectivity index is 1.79. The van der Waals surface area contributed by atoms with Gasteiger partial charge in [0.05, 0.1) is 16.4 Å². The summed E-state index contributed by atoms with van der Waals surface area (Å²) in [5.41, 5.74) is 3.69. The summed E-state index contributed by atoms with van der Waals surface area (Å²) in [6.45, 7) is 5.70. The molecule has 0 bridgehead atoms. The normalized spacial score (nSPS) is 10.7. The summed E-state index contributed by atoms with van der Waals surface area (Å²) >= 11 is 7.32. The number of aryl methyl sites for hydroxylation is 2. The predicted molar refractivity (Wildman–Crippen MR) is 107 cm³/mol. The van der Waals surface area contributed by atoms with Crippen LogP contribution in [0.4, 0.5) is 15.2 Å². The third-order valence-corrected chi connectivity index (χ3v) is 5.23. The van der Waals surface area contributed by atoms with Crippen molar-refractivity contribution in [2.75, 3.05) is 4.90 Å². The first-order valence-electron chi connectivity index (χ1n) is 8.25. The lowest BCUT2D eigenvalue weighted by molar-refractivity contribution is -0.115. The number of amides is 1. The molecule has 0 atom stereocenters. The van der Waals surface area contributed by atoms with Crippen molar-refractivity contribution >= 4 is 39.7 Å². The van der Waals surface area contributed by atoms with Crippen LogP contribution >= 0.6 is 22.9 Å². The monoisotopic (exact) mass is 404 g/mol. The molecule has 7 heteroatoms. The van der Waals surface area contributed by atoms with Gasteiger partial charge in [0.25, 0.3) is 0 Å². The van der Waals surface area contributed by atoms with Gasteiger partial charge in [-0.15, -0.1) is 11.3 Å². The van der Waals surface area contributed by atoms with Crippen LogP contribution in [-0.4, -0.2) is 10.9 Å². The van der Waals surface area contributed by atoms with Gasteiger partial charge in [-0.05, 0) is 55.3 Å². The van der Waals surface area contributed by atoms with E-state index in [1.165, 1.54) is 36.5 Å². The van der Waals surface area contributed by atoms with Crippen molar-refractivity contribution in [1.29, 1.82) is 0 Å². The van der Waals surface area contributed by atoms with Crippen molar-refractivity contribution in [3.8, 4) is 5.75 Å². The van der Waals surface area contributed by atoms with E-state index in [1.807, 2.05) is 37.4 Å². The summed E-state index contributed by atoms with van der Waals surface area (Å²) in [4.78, 5) is 18.3. The summed E-state index contributed by atoms with van der Waals surface area (Å²) in [6, 6.07) is 9.80. The smallest absolute Gasteiger partial charge is 0.230 e. The molecular formula is C20H18ClFN2O2S. The third-order valence-electron chi connectivity index (χ3n) is 4.06. The van der Waals surface area contributed by atoms with Crippen LogP contribution in [0.5, 0.6) is 5.75 Å². The average Bonchev–Trinajstić information content (AvgIpc) is 3.05. The van der Waals surface area contributed by atoms with Crippen LogP contribution in [0.15, 0.2) is 41.8 Å². The van der Waals surface area contributed by atoms with E-state index in [2.05, 4.69) is 4.98 Å². The molecule has 3 rings (SSSR count). The Bertz CT molecular complexity index is 990. The van der Waals surface area contributed by atoms with Crippen molar-refractivity contribution in [3.63, 3.8) is 0 Å². The van der Waals surface area contributed by atoms with Crippen LogP contribution in [0.1, 0.15) is 23.7 Å². The molecule has 0 saturated heterocycles. The highest BCUT2D eigenvalue weighted by atomic mass is 35.5. The Labute approximate surface area is 166 Å². The fourth-order valence-corrected chi connectivity index (χ4v) is 3.59. The lowest BCUT2D eigenvalue weighted by Crippen LogP contribution is -2.22. The molecule has 1 aromatic heterocycles. The SMILES string of the molecule is CC(=O)N(c1ccc(C)c(C)c1)c1nc(COc2ccc(F)cc2Cl)cs1. The molecule has 2 aromatic carbocycles. The molecular weight excluding hydrogens is 387 g/mol. The summed E-state index contributed by atoms with van der Waals surface area (Å²) < 4.78 is 18.7. The Morgan fingerprint density at radius 2 is 2.00 bits per heavy atom. The Morgan fingerprint density at radius 3 is 2.67 bits per heavy atom. The number of carbonyl (C=O) groups is 1. The van der Waals surface area contributed by atoms with E-state index in [9.17, 15) is 9.18 Å². The van der Waals surface area contributed by atoms with E-state index in [0.29, 0.717) is 16.6 Å². The average molecular weight is 405 g/mol. The molecule has 3 aromatic rings. The van der Waals surface area contributed by atoms with Gasteiger partial charge in [-0.3, -0.25) is 9.69 Å². The van der Waals surface area contributed by atoms with Gasteiger partial charge in [-0.25, -0.2) is 9.37 Å². The number of carbonyl (C=O) groups excluding carboxylic acids is 1. The molecule has 0 unspecified atom stereocenters. The topological polar surface area (TPSA) is 42.4 Å². The standard InChI is InChI=1S/C20H18ClFN2O2S/c1-12-4-6-17(8-13(12)2)24(14(3)25)20-23-16(11-27-20)10-26-19-7-5-15(22)9-18(19)21/h4-9,11H,10H2,1-3H3. The number of hydrogen-bond donors (Lipinski definition) is 0. The maximum Gasteiger partial charge on any atom is 0.230 e. The van der Waals surface area contributed by atoms with Gasteiger partial charge in [0.2, 0.25) is 5.91 Å². The van der Waals surface area contributed by atoms with Crippen LogP contribution in [-0.2, 0) is 11.4 Å². The highest BCUT2D eigenvalue weighted by molar-refractivity contribution is 7.14. The van der Waals surface area contributed by atoms with Crippen molar-refractivity contribution in [2.45, 2.75) is 27.4 Å². The van der Waals surface area contributed by atoms with Gasteiger partial charge in [0.1, 0.15) is 18.2 Å². The molecule has 0 aliphatic carbocycles. The van der Waals surface area contributed by atoms with Crippen LogP contribution < -0.4 is 9.64 Å². The highest BCUT2D eigenvalue weighted by Gasteiger charge is 2.18. The third kappa shape index (κ3) is 4.46. The molecule has 0 aliphatic heterocycles. The van der Waals surface area contributed by atoms with E-state index in [1.54, 1.807) is 4.90 Å². The van der Waals surface area contributed by atoms with Crippen LogP contribution in [0.25, 0.3) is 0 Å². The molecule has 0 N–H and O–H groups in total. The van der Waals surface area contributed by atoms with Crippen LogP contribution in [0.2, 0.25) is 5.02 Å². The zero-order valence-electron chi connectivity index (χ0n) is 15.1. The first-order chi connectivity index (χ1) is 12.8. The fourth-order valence-electron chi connectivity index (χ4n) is 2.50. The second-order valence-corrected chi connectivity index (χ2v) is 7.35. The number of aromatic nitrogens is 1. The lowest BCUT2D eigenvalue weighted by Gasteiger charge is -2.19. The molecule has 0 aliphatic rings. The molecule has 0 spiro atoms. The van der Waals surface area contributed by atoms with Gasteiger partial charge in [-0.2, -0.15) is 0 Å². The Morgan fingerprint density at radius 1 is 1.22 bits per heavy atom. The first-order valence-corrected chi connectivity index (χ1v) is 9.51. The maximum absolute atomic E-state index is 13.1. The molecule has 4 nitrogen and oxygen atoms in total. The number of rotatable bonds is 5. The molecule has 140 valence electrons. The van der Waals surface area contributed by atoms with Crippen LogP contribution in [0.3, 0.4) is 0 Å². The van der Waals surface area contributed by atoms with E-state index in [0.717, 1.165) is 16.8 Å². The van der Waals surface area contributed by atoms with E-state index in [-0.39, 0.29) is 17.5 Å². The second kappa shape index (κ2) is 8.06. The van der Waals surface area contributed by atoms with Crippen molar-refractivity contribution in [2.24, 2.45) is 0 Å². The molecule has 1 amide bonds. The van der Waals surface area contributed by atoms with Gasteiger partial charge < -0.3 is 4.74 Å². The first kappa shape index (κ1) is 19.3. The second-order valence-electron chi connectivity index (χ2n) is 6.11. The summed E-state index contributed by atoms with van der Waals surface area (Å²) in [6.07, 6.45) is 0. The number of benzene rings is 2. The minimum atomic E-state index is -0.422. The summed E-state index contributed by atoms with van der Waals surface area (Å²) in [7, 11) is 0. The maximum atomic E-state index is 13.1. The van der Waals surface area contributed by atoms with Gasteiger partial charge in [-0.1, -0.05) is 17.7 Å². The number of thiazole rings is 1. The Hall–Kier alpha value is -2.44. The number of halogens is 2. The predicted octanol–water partition coefficient (Wildman–Crippen LogP) is 5.82. The zero-order chi connectivity index (χ0) is 19.6. The van der Waals surface area contributed by atoms with Gasteiger partial charge in [0.15, 0.2) is 5.13 Å². The van der Waals surface area contributed by atoms with E-state index >= 15 is 0 Å². The number of hydrogen-bond acceptors (Lipinski definition) is 4. The molecule has 1 heterocycles. The van der Waals surface area contributed by atoms with Crippen molar-refractivity contribution < 1.29 is 13.9 Å². The van der Waals surface area contributed by atoms with Gasteiger partial charge >= 0.3 is 0 Å². The molecule has 0 fully saturated rings. The molecule has 0 radical (unpaired) electrons. The number of ether oxygens (including phenoxy) is 1. The number of anilines is 2. The van der Waals surface area contributed by atoms with Gasteiger partial charge in [0, 0.05) is 12.3 Å². The van der Waals surface area contributed by atoms with Crippen molar-refractivity contribution in [3.05, 3.63) is 69.4 Å². The number of nitrogens with zero attached hydrogens (tertiary/aromatic N) is 2. The zero-order valence-corrected chi connectivity index (χ0v) is 16.7. The highest BCUT2D eigenvalue weighted by Crippen LogP contribution is 2.31. The fraction of sp³-hybridized carbons (Fsp3) is 0.200. The lowest BCUT2D eigenvalue weighted by atomic mass is 10.1. The van der Waals surface area contributed by atoms with Crippen molar-refractivity contribution in [1.82, 2.24) is 4.98 Å². The summed E-state index contributed by atoms with van der Waals surface area (Å²) in [5.74, 6) is -0.166. The quantitative estimate of drug-likeness (QED) is 0.538. The summed E-state index contributed by atoms with van der Waals surface area (Å²) in [5, 5.41) is 2.59. The minimum absolute atomic E-state index is 0.123. The largest absolute Gasteiger partial charge is 0.486 e. The van der Waals surface area contributed by atoms with E-state index in [4.69, 9.17) is 16.3 Å². The van der Waals surface area contributed by atoms with Crippen LogP contribution in [0, 0.1) is 19.7 Å². The Kier molecular flexibility index (Phi) is 5.77. The molecule has 27 heavy (non-hydrogen) atoms. The molecule has 0 saturated carbocycles.